The molecule has 0 aliphatic carbocycles. The van der Waals surface area contributed by atoms with Gasteiger partial charge in [-0.25, -0.2) is 0 Å². The molecule has 0 bridgehead atoms. The number of hydrazone groups is 1. The molecule has 123 heavy (non-hydrogen) atoms. The zero-order chi connectivity index (χ0) is 89.3. The molecule has 22 N–H and O–H groups in total. The highest BCUT2D eigenvalue weighted by Crippen LogP contribution is 2.25. The summed E-state index contributed by atoms with van der Waals surface area (Å²) in [6.07, 6.45) is 22.2. The number of fused-ring (bicyclic) bond motifs is 1. The Kier molecular flexibility index (Phi) is 46.8. The minimum Gasteiger partial charge on any atom is -0.370 e. The summed E-state index contributed by atoms with van der Waals surface area (Å²) >= 11 is 1.54. The molecule has 35 heteroatoms. The van der Waals surface area contributed by atoms with E-state index in [-0.39, 0.29) is 102 Å². The van der Waals surface area contributed by atoms with E-state index in [1.807, 2.05) is 30.5 Å². The number of likely N-dealkylation sites (tertiary alicyclic amines) is 2. The fourth-order valence-electron chi connectivity index (χ4n) is 15.0. The first-order valence-corrected chi connectivity index (χ1v) is 45.4. The topological polar surface area (TPSA) is 531 Å². The molecule has 678 valence electrons. The van der Waals surface area contributed by atoms with Crippen LogP contribution in [-0.4, -0.2) is 229 Å². The number of nitrogens with zero attached hydrogens (tertiary/aromatic N) is 4. The lowest BCUT2D eigenvalue weighted by atomic mass is 10.00. The molecule has 4 aromatic rings. The van der Waals surface area contributed by atoms with E-state index in [9.17, 15) is 43.2 Å². The fourth-order valence-corrected chi connectivity index (χ4v) is 15.5. The van der Waals surface area contributed by atoms with Gasteiger partial charge in [0.1, 0.15) is 67.1 Å². The molecule has 0 saturated carbocycles. The molecule has 13 amide bonds. The number of aliphatic imine (C=N–C) groups is 1. The number of aromatic nitrogens is 1. The van der Waals surface area contributed by atoms with Crippen LogP contribution < -0.4 is 87.3 Å². The van der Waals surface area contributed by atoms with Crippen molar-refractivity contribution < 1.29 is 62.3 Å². The van der Waals surface area contributed by atoms with Gasteiger partial charge < -0.3 is 102 Å². The second-order valence-electron chi connectivity index (χ2n) is 32.2. The number of carbonyl (C=O) groups excluding carboxylic acids is 13. The average molecular weight is 1730 g/mol. The molecule has 3 aromatic carbocycles. The van der Waals surface area contributed by atoms with E-state index in [0.29, 0.717) is 106 Å². The maximum absolute atomic E-state index is 15.5. The van der Waals surface area contributed by atoms with Crippen LogP contribution in [0.4, 0.5) is 0 Å². The monoisotopic (exact) mass is 1730 g/mol. The molecule has 2 aliphatic heterocycles. The van der Waals surface area contributed by atoms with Gasteiger partial charge in [0, 0.05) is 82.1 Å². The summed E-state index contributed by atoms with van der Waals surface area (Å²) < 4.78 is 0. The Morgan fingerprint density at radius 3 is 1.63 bits per heavy atom. The van der Waals surface area contributed by atoms with Gasteiger partial charge >= 0.3 is 0 Å². The summed E-state index contributed by atoms with van der Waals surface area (Å²) in [7, 11) is 0. The molecule has 34 nitrogen and oxygen atoms in total. The number of unbranched alkanes of at least 4 members (excludes halogenated alkanes) is 12. The van der Waals surface area contributed by atoms with Gasteiger partial charge in [0.15, 0.2) is 5.96 Å². The first-order valence-electron chi connectivity index (χ1n) is 44.0. The number of guanidine groups is 1. The van der Waals surface area contributed by atoms with Gasteiger partial charge in [-0.05, 0) is 144 Å². The summed E-state index contributed by atoms with van der Waals surface area (Å²) in [6.45, 7) is 7.02. The van der Waals surface area contributed by atoms with Crippen molar-refractivity contribution >= 4 is 112 Å². The number of H-pyrrole nitrogens is 1. The zero-order valence-electron chi connectivity index (χ0n) is 72.3. The molecule has 2 aliphatic rings. The van der Waals surface area contributed by atoms with Crippen LogP contribution in [0.5, 0.6) is 0 Å². The number of carbonyl (C=O) groups is 13. The number of hydrogen-bond donors (Lipinski definition) is 17. The fraction of sp³-hybridized carbons (Fsp3) is 0.602. The number of para-hydroxylation sites is 1. The molecule has 2 fully saturated rings. The maximum Gasteiger partial charge on any atom is 0.264 e. The number of amides is 13. The van der Waals surface area contributed by atoms with Crippen LogP contribution in [0.2, 0.25) is 0 Å². The zero-order valence-corrected chi connectivity index (χ0v) is 73.2. The first kappa shape index (κ1) is 101. The molecule has 6 rings (SSSR count). The van der Waals surface area contributed by atoms with E-state index in [1.54, 1.807) is 92.5 Å². The lowest BCUT2D eigenvalue weighted by molar-refractivity contribution is -0.143. The van der Waals surface area contributed by atoms with E-state index >= 15 is 19.2 Å². The molecule has 0 spiro atoms. The standard InChI is InChI=1S/C88H137N21O13S/c1-5-6-7-8-9-10-11-12-13-14-21-43-74(110)94-48-31-49-96-76(112)58-100-99-57-75(111)95-46-27-25-38-66(78(91)113)101-85(120)77(59(2)3)107-84(119)73-42-30-51-109(73)87(122)68(39-24-26-45-89)103-81(116)69(53-60-32-17-15-18-33-60)104-82(117)71(55-62-56-98-65-37-23-22-36-63(62)65)105-79(114)67(40-28-47-97-88(92)93)102-80(115)70(54-61-34-19-16-20-35-61)106-83(118)72-41-29-50-108(72)86(121)64(90)44-52-123-4/h15-20,22-23,32-37,56,58-59,64,66-73,77,98-99H,5-14,21,24-31,38-55,57,89-90H2,1-4H3,(H2,91,113)(H,94,110)(H,95,111)(H,96,112)(H,101,120)(H,102,115)(H,103,116)(H,104,117)(H,105,114)(H,106,118)(H,107,119)(H4,92,93,97)/b100-58+/t64-,66-,67-,68-,69-,70+,71+,72-,73-,77-/m0/s1. The minimum atomic E-state index is -1.46. The first-order chi connectivity index (χ1) is 59.3. The van der Waals surface area contributed by atoms with Crippen molar-refractivity contribution in [3.63, 3.8) is 0 Å². The van der Waals surface area contributed by atoms with Crippen molar-refractivity contribution in [2.45, 2.75) is 267 Å². The Morgan fingerprint density at radius 1 is 0.520 bits per heavy atom. The largest absolute Gasteiger partial charge is 0.370 e. The highest BCUT2D eigenvalue weighted by Gasteiger charge is 2.42. The van der Waals surface area contributed by atoms with E-state index in [0.717, 1.165) is 36.4 Å². The van der Waals surface area contributed by atoms with Crippen LogP contribution in [0, 0.1) is 5.92 Å². The van der Waals surface area contributed by atoms with Gasteiger partial charge in [-0.3, -0.25) is 67.3 Å². The summed E-state index contributed by atoms with van der Waals surface area (Å²) in [6, 6.07) is 13.0. The molecule has 2 saturated heterocycles. The van der Waals surface area contributed by atoms with Gasteiger partial charge in [0.2, 0.25) is 70.9 Å². The highest BCUT2D eigenvalue weighted by molar-refractivity contribution is 7.98. The molecular formula is C88H137N21O13S. The van der Waals surface area contributed by atoms with Gasteiger partial charge in [0.25, 0.3) is 5.91 Å². The van der Waals surface area contributed by atoms with E-state index in [1.165, 1.54) is 61.2 Å². The second kappa shape index (κ2) is 56.9. The van der Waals surface area contributed by atoms with Crippen LogP contribution in [0.25, 0.3) is 10.9 Å². The maximum atomic E-state index is 15.5. The summed E-state index contributed by atoms with van der Waals surface area (Å²) in [5.41, 5.74) is 34.7. The minimum absolute atomic E-state index is 0.0000474. The van der Waals surface area contributed by atoms with Gasteiger partial charge in [-0.15, -0.1) is 0 Å². The predicted molar refractivity (Wildman–Crippen MR) is 478 cm³/mol. The molecule has 0 radical (unpaired) electrons. The summed E-state index contributed by atoms with van der Waals surface area (Å²) in [4.78, 5) is 193. The lowest BCUT2D eigenvalue weighted by Gasteiger charge is -2.32. The number of benzene rings is 3. The third kappa shape index (κ3) is 37.1. The van der Waals surface area contributed by atoms with Crippen molar-refractivity contribution in [3.8, 4) is 0 Å². The highest BCUT2D eigenvalue weighted by atomic mass is 32.2. The normalized spacial score (nSPS) is 15.7. The van der Waals surface area contributed by atoms with Crippen molar-refractivity contribution in [2.24, 2.45) is 44.7 Å². The van der Waals surface area contributed by atoms with Crippen LogP contribution in [0.3, 0.4) is 0 Å². The molecule has 3 heterocycles. The van der Waals surface area contributed by atoms with E-state index in [2.05, 4.69) is 80.6 Å². The van der Waals surface area contributed by atoms with Crippen LogP contribution in [0.15, 0.2) is 101 Å². The van der Waals surface area contributed by atoms with Crippen LogP contribution >= 0.6 is 11.8 Å². The van der Waals surface area contributed by atoms with Crippen LogP contribution in [-0.2, 0) is 81.6 Å². The lowest BCUT2D eigenvalue weighted by Crippen LogP contribution is -2.61. The summed E-state index contributed by atoms with van der Waals surface area (Å²) in [5, 5.41) is 32.8. The number of thioether (sulfide) groups is 1. The van der Waals surface area contributed by atoms with Gasteiger partial charge in [-0.1, -0.05) is 164 Å². The van der Waals surface area contributed by atoms with Crippen LogP contribution in [0.1, 0.15) is 204 Å². The Morgan fingerprint density at radius 2 is 1.02 bits per heavy atom. The third-order valence-corrected chi connectivity index (χ3v) is 22.6. The number of rotatable bonds is 60. The third-order valence-electron chi connectivity index (χ3n) is 22.0. The smallest absolute Gasteiger partial charge is 0.264 e. The van der Waals surface area contributed by atoms with Crippen molar-refractivity contribution in [3.05, 3.63) is 108 Å². The molecule has 1 aromatic heterocycles. The Labute approximate surface area is 727 Å². The number of primary amides is 1. The molecule has 10 atom stereocenters. The Bertz CT molecular complexity index is 4040. The SMILES string of the molecule is CCCCCCCCCCCCCC(=O)NCCCNC(=O)/C=N/NCC(=O)NCCCC[C@H](NC(=O)[C@@H](NC(=O)[C@@H]1CCCN1C(=O)[C@H](CCCCN)NC(=O)[C@H](Cc1ccccc1)NC(=O)[C@@H](Cc1c[nH]c2ccccc12)NC(=O)[C@H](CCCN=C(N)N)NC(=O)[C@@H](Cc1ccccc1)NC(=O)[C@@H]1CCCN1C(=O)[C@@H](N)CCSC)C(C)C)C(N)=O. The Balaban J connectivity index is 1.08. The number of nitrogens with one attached hydrogen (secondary N) is 12. The number of hydrogen-bond acceptors (Lipinski definition) is 19. The predicted octanol–water partition coefficient (Wildman–Crippen LogP) is 3.16. The van der Waals surface area contributed by atoms with Crippen molar-refractivity contribution in [1.29, 1.82) is 0 Å². The average Bonchev–Trinajstić information content (AvgIpc) is 1.74. The molecular weight excluding hydrogens is 1590 g/mol. The number of aromatic amines is 1. The number of nitrogens with two attached hydrogens (primary N) is 5. The Hall–Kier alpha value is -10.7. The van der Waals surface area contributed by atoms with E-state index in [4.69, 9.17) is 28.7 Å². The van der Waals surface area contributed by atoms with Gasteiger partial charge in [-0.2, -0.15) is 16.9 Å². The second-order valence-corrected chi connectivity index (χ2v) is 33.1. The van der Waals surface area contributed by atoms with Crippen molar-refractivity contribution in [2.75, 3.05) is 64.4 Å². The summed E-state index contributed by atoms with van der Waals surface area (Å²) in [5.74, 6) is -7.94. The van der Waals surface area contributed by atoms with E-state index < -0.39 is 131 Å². The van der Waals surface area contributed by atoms with Gasteiger partial charge in [0.05, 0.1) is 6.04 Å². The molecule has 0 unspecified atom stereocenters. The quantitative estimate of drug-likeness (QED) is 0.0131. The van der Waals surface area contributed by atoms with Crippen molar-refractivity contribution in [1.82, 2.24) is 73.4 Å².